The molecule has 1 heterocycles. The number of halogens is 2. The van der Waals surface area contributed by atoms with Gasteiger partial charge in [-0.3, -0.25) is 19.5 Å². The molecule has 0 unspecified atom stereocenters. The molecule has 0 atom stereocenters. The molecule has 2 amide bonds. The van der Waals surface area contributed by atoms with Gasteiger partial charge in [-0.05, 0) is 24.1 Å². The molecule has 0 spiro atoms. The van der Waals surface area contributed by atoms with Gasteiger partial charge in [0.1, 0.15) is 0 Å². The van der Waals surface area contributed by atoms with Crippen LogP contribution in [0, 0.1) is 5.82 Å². The maximum Gasteiger partial charge on any atom is 0.229 e. The van der Waals surface area contributed by atoms with Gasteiger partial charge in [-0.25, -0.2) is 4.39 Å². The van der Waals surface area contributed by atoms with E-state index in [1.807, 2.05) is 11.9 Å². The third kappa shape index (κ3) is 6.33. The van der Waals surface area contributed by atoms with Crippen LogP contribution in [0.2, 0.25) is 0 Å². The van der Waals surface area contributed by atoms with Gasteiger partial charge in [-0.15, -0.1) is 24.0 Å². The number of amides is 2. The molecule has 27 heavy (non-hydrogen) atoms. The van der Waals surface area contributed by atoms with Crippen LogP contribution in [0.3, 0.4) is 0 Å². The zero-order valence-electron chi connectivity index (χ0n) is 15.8. The molecule has 0 radical (unpaired) electrons. The molecule has 1 N–H and O–H groups in total. The molecule has 0 bridgehead atoms. The molecule has 1 aliphatic rings. The number of benzene rings is 1. The number of imide groups is 1. The maximum absolute atomic E-state index is 13.8. The van der Waals surface area contributed by atoms with E-state index in [1.54, 1.807) is 19.2 Å². The SMILES string of the molecule is CN=C(NCCN1C(=O)CCCC1=O)N(C)Cc1ccc(OC)c(F)c1.I. The Morgan fingerprint density at radius 2 is 2.00 bits per heavy atom. The van der Waals surface area contributed by atoms with Gasteiger partial charge >= 0.3 is 0 Å². The summed E-state index contributed by atoms with van der Waals surface area (Å²) < 4.78 is 18.7. The number of rotatable bonds is 6. The molecule has 0 aliphatic carbocycles. The summed E-state index contributed by atoms with van der Waals surface area (Å²) in [5.41, 5.74) is 0.773. The number of nitrogens with zero attached hydrogens (tertiary/aromatic N) is 3. The minimum atomic E-state index is -0.413. The Morgan fingerprint density at radius 1 is 1.33 bits per heavy atom. The molecule has 0 aromatic heterocycles. The Balaban J connectivity index is 0.00000364. The van der Waals surface area contributed by atoms with E-state index < -0.39 is 5.82 Å². The first-order chi connectivity index (χ1) is 12.5. The summed E-state index contributed by atoms with van der Waals surface area (Å²) in [4.78, 5) is 30.9. The average molecular weight is 492 g/mol. The van der Waals surface area contributed by atoms with Crippen LogP contribution in [0.25, 0.3) is 0 Å². The molecule has 1 aromatic carbocycles. The van der Waals surface area contributed by atoms with E-state index in [4.69, 9.17) is 4.74 Å². The van der Waals surface area contributed by atoms with Crippen molar-refractivity contribution in [2.24, 2.45) is 4.99 Å². The monoisotopic (exact) mass is 492 g/mol. The fraction of sp³-hybridized carbons (Fsp3) is 0.500. The van der Waals surface area contributed by atoms with Crippen LogP contribution in [0.4, 0.5) is 4.39 Å². The summed E-state index contributed by atoms with van der Waals surface area (Å²) in [5, 5.41) is 3.13. The summed E-state index contributed by atoms with van der Waals surface area (Å²) in [7, 11) is 4.90. The molecule has 1 aromatic rings. The number of ether oxygens (including phenoxy) is 1. The molecule has 2 rings (SSSR count). The molecular formula is C18H26FIN4O3. The summed E-state index contributed by atoms with van der Waals surface area (Å²) in [6.45, 7) is 1.16. The smallest absolute Gasteiger partial charge is 0.229 e. The van der Waals surface area contributed by atoms with E-state index in [-0.39, 0.29) is 41.5 Å². The lowest BCUT2D eigenvalue weighted by molar-refractivity contribution is -0.147. The first-order valence-corrected chi connectivity index (χ1v) is 8.53. The first-order valence-electron chi connectivity index (χ1n) is 8.53. The predicted octanol–water partition coefficient (Wildman–Crippen LogP) is 2.00. The topological polar surface area (TPSA) is 74.2 Å². The molecule has 150 valence electrons. The average Bonchev–Trinajstić information content (AvgIpc) is 2.61. The van der Waals surface area contributed by atoms with Crippen LogP contribution in [-0.2, 0) is 16.1 Å². The zero-order valence-corrected chi connectivity index (χ0v) is 18.2. The third-order valence-electron chi connectivity index (χ3n) is 4.21. The van der Waals surface area contributed by atoms with Crippen molar-refractivity contribution in [3.8, 4) is 5.75 Å². The number of nitrogens with one attached hydrogen (secondary N) is 1. The highest BCUT2D eigenvalue weighted by Crippen LogP contribution is 2.18. The molecular weight excluding hydrogens is 466 g/mol. The molecule has 9 heteroatoms. The molecule has 1 saturated heterocycles. The molecule has 1 fully saturated rings. The van der Waals surface area contributed by atoms with Crippen molar-refractivity contribution in [1.82, 2.24) is 15.1 Å². The van der Waals surface area contributed by atoms with Crippen LogP contribution < -0.4 is 10.1 Å². The normalized spacial score (nSPS) is 14.7. The Hall–Kier alpha value is -1.91. The van der Waals surface area contributed by atoms with Crippen LogP contribution in [0.5, 0.6) is 5.75 Å². The van der Waals surface area contributed by atoms with Crippen LogP contribution >= 0.6 is 24.0 Å². The Kier molecular flexibility index (Phi) is 9.47. The maximum atomic E-state index is 13.8. The van der Waals surface area contributed by atoms with Crippen molar-refractivity contribution in [2.45, 2.75) is 25.8 Å². The van der Waals surface area contributed by atoms with E-state index in [1.165, 1.54) is 18.1 Å². The fourth-order valence-corrected chi connectivity index (χ4v) is 2.87. The van der Waals surface area contributed by atoms with Gasteiger partial charge in [0.05, 0.1) is 7.11 Å². The number of guanidine groups is 1. The highest BCUT2D eigenvalue weighted by atomic mass is 127. The van der Waals surface area contributed by atoms with Gasteiger partial charge in [0, 0.05) is 46.6 Å². The Bertz CT molecular complexity index is 683. The highest BCUT2D eigenvalue weighted by molar-refractivity contribution is 14.0. The van der Waals surface area contributed by atoms with Crippen molar-refractivity contribution in [2.75, 3.05) is 34.3 Å². The van der Waals surface area contributed by atoms with Crippen LogP contribution in [-0.4, -0.2) is 61.9 Å². The highest BCUT2D eigenvalue weighted by Gasteiger charge is 2.25. The summed E-state index contributed by atoms with van der Waals surface area (Å²) in [5.74, 6) is 0.136. The second kappa shape index (κ2) is 11.1. The molecule has 1 aliphatic heterocycles. The van der Waals surface area contributed by atoms with E-state index in [9.17, 15) is 14.0 Å². The van der Waals surface area contributed by atoms with Gasteiger partial charge in [-0.1, -0.05) is 6.07 Å². The molecule has 7 nitrogen and oxygen atoms in total. The van der Waals surface area contributed by atoms with Crippen molar-refractivity contribution in [1.29, 1.82) is 0 Å². The van der Waals surface area contributed by atoms with Crippen molar-refractivity contribution in [3.63, 3.8) is 0 Å². The van der Waals surface area contributed by atoms with Crippen molar-refractivity contribution in [3.05, 3.63) is 29.6 Å². The minimum absolute atomic E-state index is 0. The number of aliphatic imine (C=N–C) groups is 1. The lowest BCUT2D eigenvalue weighted by Gasteiger charge is -2.26. The fourth-order valence-electron chi connectivity index (χ4n) is 2.87. The number of hydrogen-bond acceptors (Lipinski definition) is 4. The van der Waals surface area contributed by atoms with E-state index in [2.05, 4.69) is 10.3 Å². The van der Waals surface area contributed by atoms with E-state index >= 15 is 0 Å². The van der Waals surface area contributed by atoms with Crippen LogP contribution in [0.1, 0.15) is 24.8 Å². The Labute approximate surface area is 176 Å². The third-order valence-corrected chi connectivity index (χ3v) is 4.21. The number of methoxy groups -OCH3 is 1. The predicted molar refractivity (Wildman–Crippen MR) is 112 cm³/mol. The zero-order chi connectivity index (χ0) is 19.1. The van der Waals surface area contributed by atoms with E-state index in [0.29, 0.717) is 44.9 Å². The van der Waals surface area contributed by atoms with Crippen molar-refractivity contribution < 1.29 is 18.7 Å². The van der Waals surface area contributed by atoms with Gasteiger partial charge in [0.15, 0.2) is 17.5 Å². The summed E-state index contributed by atoms with van der Waals surface area (Å²) in [6.07, 6.45) is 1.47. The summed E-state index contributed by atoms with van der Waals surface area (Å²) >= 11 is 0. The minimum Gasteiger partial charge on any atom is -0.494 e. The van der Waals surface area contributed by atoms with Crippen molar-refractivity contribution >= 4 is 41.8 Å². The second-order valence-corrected chi connectivity index (χ2v) is 6.09. The Morgan fingerprint density at radius 3 is 2.56 bits per heavy atom. The van der Waals surface area contributed by atoms with Gasteiger partial charge < -0.3 is 15.0 Å². The number of carbonyl (C=O) groups is 2. The largest absolute Gasteiger partial charge is 0.494 e. The standard InChI is InChI=1S/C18H25FN4O3.HI/c1-20-18(21-9-10-23-16(24)5-4-6-17(23)25)22(2)12-13-7-8-15(26-3)14(19)11-13;/h7-8,11H,4-6,9-10,12H2,1-3H3,(H,20,21);1H. The number of piperidine rings is 1. The van der Waals surface area contributed by atoms with Crippen LogP contribution in [0.15, 0.2) is 23.2 Å². The lowest BCUT2D eigenvalue weighted by atomic mass is 10.1. The van der Waals surface area contributed by atoms with Gasteiger partial charge in [0.25, 0.3) is 0 Å². The number of hydrogen-bond donors (Lipinski definition) is 1. The lowest BCUT2D eigenvalue weighted by Crippen LogP contribution is -2.46. The second-order valence-electron chi connectivity index (χ2n) is 6.09. The first kappa shape index (κ1) is 23.1. The summed E-state index contributed by atoms with van der Waals surface area (Å²) in [6, 6.07) is 4.80. The number of carbonyl (C=O) groups excluding carboxylic acids is 2. The van der Waals surface area contributed by atoms with E-state index in [0.717, 1.165) is 5.56 Å². The quantitative estimate of drug-likeness (QED) is 0.285. The van der Waals surface area contributed by atoms with Gasteiger partial charge in [0.2, 0.25) is 11.8 Å². The molecule has 0 saturated carbocycles. The number of likely N-dealkylation sites (tertiary alicyclic amines) is 1. The van der Waals surface area contributed by atoms with Gasteiger partial charge in [-0.2, -0.15) is 0 Å².